The first-order valence-electron chi connectivity index (χ1n) is 1.35. The van der Waals surface area contributed by atoms with E-state index in [0.717, 1.165) is 0 Å². The fourth-order valence-corrected chi connectivity index (χ4v) is 0. The molecule has 0 bridgehead atoms. The third-order valence-electron chi connectivity index (χ3n) is 0. The van der Waals surface area contributed by atoms with Crippen LogP contribution in [0, 0.1) is 10.2 Å². The molecule has 0 rings (SSSR count). The summed E-state index contributed by atoms with van der Waals surface area (Å²) >= 11 is 1.07. The van der Waals surface area contributed by atoms with Crippen molar-refractivity contribution >= 4 is 16.0 Å². The number of rotatable bonds is 0. The van der Waals surface area contributed by atoms with E-state index in [-0.39, 0.29) is 0 Å². The first-order chi connectivity index (χ1) is 3.41. The molecule has 0 saturated carbocycles. The Kier molecular flexibility index (Phi) is 8.44. The van der Waals surface area contributed by atoms with Crippen LogP contribution in [0.3, 0.4) is 0 Å². The van der Waals surface area contributed by atoms with Gasteiger partial charge >= 0.3 is 69.2 Å². The van der Waals surface area contributed by atoms with Gasteiger partial charge in [0.1, 0.15) is 0 Å². The van der Waals surface area contributed by atoms with Crippen molar-refractivity contribution in [2.24, 2.45) is 0 Å². The van der Waals surface area contributed by atoms with Crippen LogP contribution in [0.15, 0.2) is 0 Å². The Morgan fingerprint density at radius 3 is 1.50 bits per heavy atom. The van der Waals surface area contributed by atoms with Gasteiger partial charge in [-0.25, -0.2) is 0 Å². The van der Waals surface area contributed by atoms with Gasteiger partial charge in [0.15, 0.2) is 0 Å². The summed E-state index contributed by atoms with van der Waals surface area (Å²) in [6.45, 7) is 0. The summed E-state index contributed by atoms with van der Waals surface area (Å²) in [6.07, 6.45) is 0. The molecule has 0 aliphatic rings. The van der Waals surface area contributed by atoms with Gasteiger partial charge in [-0.15, -0.1) is 0 Å². The molecule has 0 heterocycles. The molecule has 1 nitrogen and oxygen atoms in total. The second-order valence-electron chi connectivity index (χ2n) is 0.706. The van der Waals surface area contributed by atoms with Gasteiger partial charge in [0, 0.05) is 0 Å². The van der Waals surface area contributed by atoms with Crippen LogP contribution in [0.5, 0.6) is 0 Å². The van der Waals surface area contributed by atoms with Gasteiger partial charge in [0.2, 0.25) is 0 Å². The molecule has 0 saturated heterocycles. The molecule has 0 spiro atoms. The second-order valence-corrected chi connectivity index (χ2v) is 4.21. The summed E-state index contributed by atoms with van der Waals surface area (Å²) < 4.78 is 27.5. The molecule has 1 radical (unpaired) electrons. The molecule has 0 unspecified atom stereocenters. The van der Waals surface area contributed by atoms with Crippen LogP contribution in [0.1, 0.15) is 0 Å². The SMILES string of the molecule is F[C](F)(F)[Hg].N#C[Se]. The van der Waals surface area contributed by atoms with Crippen LogP contribution in [0.25, 0.3) is 0 Å². The van der Waals surface area contributed by atoms with Crippen LogP contribution >= 0.6 is 0 Å². The zero-order valence-electron chi connectivity index (χ0n) is 3.70. The van der Waals surface area contributed by atoms with E-state index >= 15 is 0 Å². The van der Waals surface area contributed by atoms with Crippen molar-refractivity contribution in [2.45, 2.75) is 3.69 Å². The number of hydrogen-bond donors (Lipinski definition) is 0. The molecular formula is C2F3HgNSe. The zero-order chi connectivity index (χ0) is 7.21. The molecule has 0 aliphatic carbocycles. The predicted molar refractivity (Wildman–Crippen MR) is 17.4 cm³/mol. The van der Waals surface area contributed by atoms with Crippen molar-refractivity contribution in [3.05, 3.63) is 0 Å². The maximum atomic E-state index is 10.4. The average Bonchev–Trinajstić information content (AvgIpc) is 1.27. The van der Waals surface area contributed by atoms with Crippen molar-refractivity contribution in [1.29, 1.82) is 5.26 Å². The Morgan fingerprint density at radius 1 is 1.50 bits per heavy atom. The van der Waals surface area contributed by atoms with Gasteiger partial charge in [0.05, 0.1) is 0 Å². The standard InChI is InChI=1S/CF3.CNSe.Hg/c2-1(3)4;2-1-3;. The normalized spacial score (nSPS) is 8.50. The van der Waals surface area contributed by atoms with E-state index in [4.69, 9.17) is 5.26 Å². The average molecular weight is 375 g/mol. The number of alkyl halides is 3. The Labute approximate surface area is 69.0 Å². The summed E-state index contributed by atoms with van der Waals surface area (Å²) in [5.41, 5.74) is 0. The van der Waals surface area contributed by atoms with Crippen LogP contribution in [0.4, 0.5) is 13.2 Å². The monoisotopic (exact) mass is 377 g/mol. The summed E-state index contributed by atoms with van der Waals surface area (Å²) in [5.74, 6) is 0. The van der Waals surface area contributed by atoms with Crippen molar-refractivity contribution in [2.75, 3.05) is 0 Å². The molecule has 0 N–H and O–H groups in total. The van der Waals surface area contributed by atoms with Gasteiger partial charge in [-0.2, -0.15) is 0 Å². The molecule has 0 atom stereocenters. The van der Waals surface area contributed by atoms with E-state index in [9.17, 15) is 13.2 Å². The summed E-state index contributed by atoms with van der Waals surface area (Å²) in [4.78, 5) is 1.62. The molecule has 0 aromatic rings. The number of nitrogens with zero attached hydrogens (tertiary/aromatic N) is 1. The van der Waals surface area contributed by atoms with Crippen molar-refractivity contribution < 1.29 is 39.3 Å². The molecule has 0 aliphatic heterocycles. The first-order valence-corrected chi connectivity index (χ1v) is 4.95. The van der Waals surface area contributed by atoms with Crippen molar-refractivity contribution in [3.63, 3.8) is 0 Å². The van der Waals surface area contributed by atoms with Crippen LogP contribution in [-0.2, 0) is 26.1 Å². The third-order valence-corrected chi connectivity index (χ3v) is 0. The van der Waals surface area contributed by atoms with E-state index in [1.165, 1.54) is 0 Å². The topological polar surface area (TPSA) is 23.8 Å². The third kappa shape index (κ3) is 410. The quantitative estimate of drug-likeness (QED) is 0.573. The molecule has 0 aromatic carbocycles. The van der Waals surface area contributed by atoms with E-state index in [1.807, 2.05) is 0 Å². The molecule has 0 fully saturated rings. The van der Waals surface area contributed by atoms with Crippen LogP contribution in [-0.4, -0.2) is 19.7 Å². The maximum absolute atomic E-state index is 10.4. The second kappa shape index (κ2) is 5.86. The van der Waals surface area contributed by atoms with E-state index < -0.39 is 29.8 Å². The van der Waals surface area contributed by atoms with E-state index in [0.29, 0.717) is 0 Å². The first kappa shape index (κ1) is 11.5. The fraction of sp³-hybridized carbons (Fsp3) is 0.500. The Hall–Kier alpha value is 0.735. The van der Waals surface area contributed by atoms with Gasteiger partial charge in [-0.05, 0) is 0 Å². The summed E-state index contributed by atoms with van der Waals surface area (Å²) in [7, 11) is 0. The summed E-state index contributed by atoms with van der Waals surface area (Å²) in [6, 6.07) is 0. The summed E-state index contributed by atoms with van der Waals surface area (Å²) in [5, 5.41) is 7.26. The van der Waals surface area contributed by atoms with Gasteiger partial charge in [-0.1, -0.05) is 0 Å². The van der Waals surface area contributed by atoms with E-state index in [1.54, 1.807) is 4.97 Å². The van der Waals surface area contributed by atoms with E-state index in [2.05, 4.69) is 16.0 Å². The molecule has 0 amide bonds. The van der Waals surface area contributed by atoms with Crippen LogP contribution in [0.2, 0.25) is 0 Å². The molecule has 0 aromatic heterocycles. The van der Waals surface area contributed by atoms with Crippen molar-refractivity contribution in [1.82, 2.24) is 0 Å². The van der Waals surface area contributed by atoms with Crippen molar-refractivity contribution in [3.8, 4) is 4.97 Å². The fourth-order valence-electron chi connectivity index (χ4n) is 0. The minimum absolute atomic E-state index is 1.04. The Bertz CT molecular complexity index is 78.3. The molecule has 6 heteroatoms. The van der Waals surface area contributed by atoms with Gasteiger partial charge in [-0.3, -0.25) is 0 Å². The Morgan fingerprint density at radius 2 is 1.50 bits per heavy atom. The molecular weight excluding hydrogens is 375 g/mol. The molecule has 42 valence electrons. The number of hydrogen-bond acceptors (Lipinski definition) is 1. The van der Waals surface area contributed by atoms with Crippen LogP contribution < -0.4 is 0 Å². The van der Waals surface area contributed by atoms with Gasteiger partial charge in [0.25, 0.3) is 0 Å². The Balaban J connectivity index is 0. The predicted octanol–water partition coefficient (Wildman–Crippen LogP) is 0.689. The number of nitriles is 1. The van der Waals surface area contributed by atoms with Gasteiger partial charge < -0.3 is 0 Å². The molecule has 8 heavy (non-hydrogen) atoms. The number of halogens is 3. The minimum atomic E-state index is -3.81. The zero-order valence-corrected chi connectivity index (χ0v) is 10.9.